The van der Waals surface area contributed by atoms with E-state index < -0.39 is 6.04 Å². The fraction of sp³-hybridized carbons (Fsp3) is 0.250. The molecule has 1 atom stereocenters. The normalized spacial score (nSPS) is 12.3. The topological polar surface area (TPSA) is 94.8 Å². The minimum absolute atomic E-state index is 0.0447. The Morgan fingerprint density at radius 2 is 1.93 bits per heavy atom. The summed E-state index contributed by atoms with van der Waals surface area (Å²) >= 11 is 1.39. The second-order valence-corrected chi connectivity index (χ2v) is 7.83. The number of thiazole rings is 1. The summed E-state index contributed by atoms with van der Waals surface area (Å²) in [6.45, 7) is 3.88. The van der Waals surface area contributed by atoms with E-state index in [0.717, 1.165) is 15.8 Å². The lowest BCUT2D eigenvalue weighted by Gasteiger charge is -2.17. The molecule has 2 heterocycles. The molecule has 9 heteroatoms. The van der Waals surface area contributed by atoms with Crippen LogP contribution in [-0.4, -0.2) is 38.2 Å². The lowest BCUT2D eigenvalue weighted by Crippen LogP contribution is -2.31. The molecule has 1 unspecified atom stereocenters. The highest BCUT2D eigenvalue weighted by atomic mass is 32.1. The number of carbonyl (C=O) groups excluding carboxylic acids is 1. The number of hydrogen-bond acceptors (Lipinski definition) is 7. The molecule has 0 bridgehead atoms. The quantitative estimate of drug-likeness (QED) is 0.521. The van der Waals surface area contributed by atoms with Gasteiger partial charge in [-0.3, -0.25) is 10.1 Å². The van der Waals surface area contributed by atoms with Crippen molar-refractivity contribution < 1.29 is 9.53 Å². The highest BCUT2D eigenvalue weighted by molar-refractivity contribution is 7.22. The van der Waals surface area contributed by atoms with Crippen molar-refractivity contribution in [2.45, 2.75) is 19.9 Å². The van der Waals surface area contributed by atoms with Crippen LogP contribution in [0.2, 0.25) is 0 Å². The maximum atomic E-state index is 13.0. The van der Waals surface area contributed by atoms with E-state index >= 15 is 0 Å². The summed E-state index contributed by atoms with van der Waals surface area (Å²) in [6.07, 6.45) is 0. The van der Waals surface area contributed by atoms with Crippen LogP contribution in [0, 0.1) is 5.92 Å². The number of aromatic nitrogens is 5. The number of ether oxygens (including phenoxy) is 1. The van der Waals surface area contributed by atoms with Gasteiger partial charge in [0.15, 0.2) is 11.2 Å². The van der Waals surface area contributed by atoms with E-state index in [1.807, 2.05) is 62.4 Å². The van der Waals surface area contributed by atoms with Crippen molar-refractivity contribution in [1.29, 1.82) is 0 Å². The lowest BCUT2D eigenvalue weighted by atomic mass is 10.0. The van der Waals surface area contributed by atoms with Gasteiger partial charge in [0.25, 0.3) is 5.91 Å². The third kappa shape index (κ3) is 3.81. The molecule has 0 aliphatic heterocycles. The molecular formula is C20H20N6O2S. The molecule has 148 valence electrons. The summed E-state index contributed by atoms with van der Waals surface area (Å²) < 4.78 is 6.28. The Morgan fingerprint density at radius 3 is 2.66 bits per heavy atom. The zero-order chi connectivity index (χ0) is 20.4. The lowest BCUT2D eigenvalue weighted by molar-refractivity contribution is -0.121. The molecule has 0 aliphatic carbocycles. The number of para-hydroxylation sites is 1. The molecule has 0 saturated carbocycles. The van der Waals surface area contributed by atoms with Gasteiger partial charge < -0.3 is 4.74 Å². The molecule has 0 aliphatic rings. The Balaban J connectivity index is 1.59. The second kappa shape index (κ2) is 7.96. The van der Waals surface area contributed by atoms with E-state index in [2.05, 4.69) is 25.7 Å². The summed E-state index contributed by atoms with van der Waals surface area (Å²) in [5.41, 5.74) is 1.57. The van der Waals surface area contributed by atoms with Crippen LogP contribution in [0.15, 0.2) is 48.5 Å². The molecule has 2 aromatic carbocycles. The van der Waals surface area contributed by atoms with Gasteiger partial charge in [0.05, 0.1) is 11.8 Å². The first-order valence-corrected chi connectivity index (χ1v) is 9.98. The van der Waals surface area contributed by atoms with E-state index in [1.165, 1.54) is 16.1 Å². The Labute approximate surface area is 171 Å². The number of methoxy groups -OCH3 is 1. The number of rotatable bonds is 6. The number of tetrazole rings is 1. The van der Waals surface area contributed by atoms with Crippen LogP contribution in [-0.2, 0) is 4.79 Å². The average molecular weight is 408 g/mol. The Morgan fingerprint density at radius 1 is 1.14 bits per heavy atom. The zero-order valence-corrected chi connectivity index (χ0v) is 17.1. The summed E-state index contributed by atoms with van der Waals surface area (Å²) in [5, 5.41) is 16.1. The zero-order valence-electron chi connectivity index (χ0n) is 16.2. The number of amides is 1. The SMILES string of the molecule is COc1cccc2sc(NC(=O)C(C(C)C)n3nnc(-c4ccccc4)n3)nc12. The number of nitrogens with zero attached hydrogens (tertiary/aromatic N) is 5. The van der Waals surface area contributed by atoms with E-state index in [0.29, 0.717) is 16.7 Å². The molecular weight excluding hydrogens is 388 g/mol. The van der Waals surface area contributed by atoms with E-state index in [-0.39, 0.29) is 11.8 Å². The molecule has 0 saturated heterocycles. The largest absolute Gasteiger partial charge is 0.494 e. The van der Waals surface area contributed by atoms with E-state index in [1.54, 1.807) is 7.11 Å². The molecule has 29 heavy (non-hydrogen) atoms. The van der Waals surface area contributed by atoms with Crippen molar-refractivity contribution >= 4 is 32.6 Å². The van der Waals surface area contributed by atoms with Gasteiger partial charge in [0, 0.05) is 5.56 Å². The molecule has 2 aromatic heterocycles. The molecule has 4 rings (SSSR count). The van der Waals surface area contributed by atoms with Crippen LogP contribution in [0.4, 0.5) is 5.13 Å². The van der Waals surface area contributed by atoms with Crippen LogP contribution < -0.4 is 10.1 Å². The number of hydrogen-bond donors (Lipinski definition) is 1. The molecule has 8 nitrogen and oxygen atoms in total. The van der Waals surface area contributed by atoms with Crippen LogP contribution in [0.1, 0.15) is 19.9 Å². The van der Waals surface area contributed by atoms with Crippen LogP contribution in [0.3, 0.4) is 0 Å². The van der Waals surface area contributed by atoms with Gasteiger partial charge in [0.1, 0.15) is 11.3 Å². The summed E-state index contributed by atoms with van der Waals surface area (Å²) in [6, 6.07) is 14.6. The van der Waals surface area contributed by atoms with Gasteiger partial charge in [-0.05, 0) is 23.3 Å². The highest BCUT2D eigenvalue weighted by Gasteiger charge is 2.28. The Bertz CT molecular complexity index is 1140. The predicted octanol–water partition coefficient (Wildman–Crippen LogP) is 3.79. The first kappa shape index (κ1) is 19.0. The minimum atomic E-state index is -0.617. The maximum absolute atomic E-state index is 13.0. The number of carbonyl (C=O) groups is 1. The third-order valence-electron chi connectivity index (χ3n) is 4.44. The van der Waals surface area contributed by atoms with Crippen LogP contribution >= 0.6 is 11.3 Å². The van der Waals surface area contributed by atoms with Gasteiger partial charge in [-0.15, -0.1) is 10.2 Å². The van der Waals surface area contributed by atoms with Crippen molar-refractivity contribution in [2.75, 3.05) is 12.4 Å². The second-order valence-electron chi connectivity index (χ2n) is 6.80. The first-order chi connectivity index (χ1) is 14.1. The predicted molar refractivity (Wildman–Crippen MR) is 112 cm³/mol. The highest BCUT2D eigenvalue weighted by Crippen LogP contribution is 2.32. The van der Waals surface area contributed by atoms with Crippen molar-refractivity contribution in [1.82, 2.24) is 25.2 Å². The summed E-state index contributed by atoms with van der Waals surface area (Å²) in [5.74, 6) is 0.866. The number of fused-ring (bicyclic) bond motifs is 1. The standard InChI is InChI=1S/C20H20N6O2S/c1-12(2)17(26-24-18(23-25-26)13-8-5-4-6-9-13)19(27)22-20-21-16-14(28-3)10-7-11-15(16)29-20/h4-12,17H,1-3H3,(H,21,22,27). The van der Waals surface area contributed by atoms with Crippen LogP contribution in [0.25, 0.3) is 21.6 Å². The number of nitrogens with one attached hydrogen (secondary N) is 1. The van der Waals surface area contributed by atoms with Crippen molar-refractivity contribution in [2.24, 2.45) is 5.92 Å². The maximum Gasteiger partial charge on any atom is 0.253 e. The van der Waals surface area contributed by atoms with Gasteiger partial charge in [-0.25, -0.2) is 4.98 Å². The average Bonchev–Trinajstić information content (AvgIpc) is 3.35. The van der Waals surface area contributed by atoms with Gasteiger partial charge >= 0.3 is 0 Å². The van der Waals surface area contributed by atoms with Gasteiger partial charge in [0.2, 0.25) is 5.82 Å². The molecule has 4 aromatic rings. The molecule has 0 radical (unpaired) electrons. The van der Waals surface area contributed by atoms with Crippen molar-refractivity contribution in [3.63, 3.8) is 0 Å². The van der Waals surface area contributed by atoms with Crippen molar-refractivity contribution in [3.05, 3.63) is 48.5 Å². The summed E-state index contributed by atoms with van der Waals surface area (Å²) in [4.78, 5) is 18.9. The number of anilines is 1. The van der Waals surface area contributed by atoms with E-state index in [4.69, 9.17) is 4.74 Å². The molecule has 1 N–H and O–H groups in total. The first-order valence-electron chi connectivity index (χ1n) is 9.16. The Kier molecular flexibility index (Phi) is 5.22. The molecule has 0 fully saturated rings. The monoisotopic (exact) mass is 408 g/mol. The van der Waals surface area contributed by atoms with Crippen molar-refractivity contribution in [3.8, 4) is 17.1 Å². The molecule has 0 spiro atoms. The van der Waals surface area contributed by atoms with E-state index in [9.17, 15) is 4.79 Å². The third-order valence-corrected chi connectivity index (χ3v) is 5.38. The van der Waals surface area contributed by atoms with Gasteiger partial charge in [-0.1, -0.05) is 61.6 Å². The fourth-order valence-electron chi connectivity index (χ4n) is 3.04. The minimum Gasteiger partial charge on any atom is -0.494 e. The smallest absolute Gasteiger partial charge is 0.253 e. The Hall–Kier alpha value is -3.33. The summed E-state index contributed by atoms with van der Waals surface area (Å²) in [7, 11) is 1.60. The van der Waals surface area contributed by atoms with Crippen LogP contribution in [0.5, 0.6) is 5.75 Å². The van der Waals surface area contributed by atoms with Gasteiger partial charge in [-0.2, -0.15) is 4.80 Å². The number of benzene rings is 2. The molecule has 1 amide bonds. The fourth-order valence-corrected chi connectivity index (χ4v) is 3.93.